The lowest BCUT2D eigenvalue weighted by atomic mass is 9.87. The Kier molecular flexibility index (Phi) is 9.41. The molecule has 1 N–H and O–H groups in total. The first-order chi connectivity index (χ1) is 17.1. The van der Waals surface area contributed by atoms with Crippen molar-refractivity contribution in [2.75, 3.05) is 13.7 Å². The fourth-order valence-electron chi connectivity index (χ4n) is 3.83. The maximum absolute atomic E-state index is 13.5. The van der Waals surface area contributed by atoms with Gasteiger partial charge in [-0.3, -0.25) is 9.59 Å². The van der Waals surface area contributed by atoms with Gasteiger partial charge in [0.25, 0.3) is 5.91 Å². The van der Waals surface area contributed by atoms with Crippen LogP contribution in [0.5, 0.6) is 5.75 Å². The normalized spacial score (nSPS) is 12.1. The van der Waals surface area contributed by atoms with Crippen molar-refractivity contribution in [3.63, 3.8) is 0 Å². The summed E-state index contributed by atoms with van der Waals surface area (Å²) in [6, 6.07) is 21.6. The van der Waals surface area contributed by atoms with Gasteiger partial charge in [-0.25, -0.2) is 0 Å². The molecule has 0 radical (unpaired) electrons. The van der Waals surface area contributed by atoms with E-state index in [1.54, 1.807) is 25.2 Å². The molecule has 5 nitrogen and oxygen atoms in total. The Balaban J connectivity index is 1.87. The lowest BCUT2D eigenvalue weighted by molar-refractivity contribution is -0.142. The second-order valence-corrected chi connectivity index (χ2v) is 10.5. The van der Waals surface area contributed by atoms with Crippen molar-refractivity contribution in [3.05, 3.63) is 99.5 Å². The van der Waals surface area contributed by atoms with Crippen LogP contribution in [0.2, 0.25) is 10.0 Å². The number of carbonyl (C=O) groups excluding carboxylic acids is 2. The van der Waals surface area contributed by atoms with Gasteiger partial charge in [0, 0.05) is 30.1 Å². The molecule has 2 amide bonds. The second kappa shape index (κ2) is 12.3. The Bertz CT molecular complexity index is 1180. The van der Waals surface area contributed by atoms with Gasteiger partial charge >= 0.3 is 0 Å². The second-order valence-electron chi connectivity index (χ2n) is 9.64. The summed E-state index contributed by atoms with van der Waals surface area (Å²) in [5.74, 6) is -0.0161. The zero-order chi connectivity index (χ0) is 26.3. The number of benzene rings is 3. The van der Waals surface area contributed by atoms with Crippen LogP contribution >= 0.6 is 23.2 Å². The minimum Gasteiger partial charge on any atom is -0.484 e. The predicted molar refractivity (Wildman–Crippen MR) is 146 cm³/mol. The Labute approximate surface area is 223 Å². The molecule has 3 aromatic carbocycles. The maximum Gasteiger partial charge on any atom is 0.261 e. The Morgan fingerprint density at radius 1 is 0.972 bits per heavy atom. The number of ether oxygens (including phenoxy) is 1. The van der Waals surface area contributed by atoms with Crippen LogP contribution < -0.4 is 10.1 Å². The predicted octanol–water partition coefficient (Wildman–Crippen LogP) is 6.06. The molecular formula is C29H32Cl2N2O3. The summed E-state index contributed by atoms with van der Waals surface area (Å²) in [5, 5.41) is 3.62. The Morgan fingerprint density at radius 3 is 2.22 bits per heavy atom. The number of amides is 2. The van der Waals surface area contributed by atoms with Gasteiger partial charge in [-0.2, -0.15) is 0 Å². The maximum atomic E-state index is 13.5. The van der Waals surface area contributed by atoms with E-state index in [9.17, 15) is 9.59 Å². The van der Waals surface area contributed by atoms with Gasteiger partial charge in [-0.05, 0) is 46.4 Å². The molecule has 0 saturated heterocycles. The summed E-state index contributed by atoms with van der Waals surface area (Å²) in [6.45, 7) is 6.32. The van der Waals surface area contributed by atoms with Gasteiger partial charge in [0.1, 0.15) is 11.8 Å². The highest BCUT2D eigenvalue weighted by atomic mass is 35.5. The minimum atomic E-state index is -0.761. The highest BCUT2D eigenvalue weighted by Gasteiger charge is 2.30. The SMILES string of the molecule is CNC(=O)C(Cc1ccccc1)N(Cc1ccc(Cl)cc1Cl)C(=O)COc1ccc(C(C)(C)C)cc1. The number of nitrogens with one attached hydrogen (secondary N) is 1. The summed E-state index contributed by atoms with van der Waals surface area (Å²) in [4.78, 5) is 28.0. The van der Waals surface area contributed by atoms with E-state index in [0.717, 1.165) is 5.56 Å². The van der Waals surface area contributed by atoms with E-state index in [-0.39, 0.29) is 30.4 Å². The number of carbonyl (C=O) groups is 2. The highest BCUT2D eigenvalue weighted by Crippen LogP contribution is 2.26. The molecule has 0 aliphatic rings. The Hall–Kier alpha value is -3.02. The fraction of sp³-hybridized carbons (Fsp3) is 0.310. The first-order valence-electron chi connectivity index (χ1n) is 11.8. The lowest BCUT2D eigenvalue weighted by Crippen LogP contribution is -2.51. The van der Waals surface area contributed by atoms with Crippen molar-refractivity contribution in [3.8, 4) is 5.75 Å². The van der Waals surface area contributed by atoms with Crippen LogP contribution in [-0.4, -0.2) is 36.4 Å². The molecule has 3 rings (SSSR count). The summed E-state index contributed by atoms with van der Waals surface area (Å²) < 4.78 is 5.84. The zero-order valence-corrected chi connectivity index (χ0v) is 22.6. The van der Waals surface area contributed by atoms with E-state index in [1.165, 1.54) is 10.5 Å². The van der Waals surface area contributed by atoms with Crippen LogP contribution in [0.3, 0.4) is 0 Å². The van der Waals surface area contributed by atoms with Crippen LogP contribution in [0.1, 0.15) is 37.5 Å². The van der Waals surface area contributed by atoms with Crippen LogP contribution in [0.4, 0.5) is 0 Å². The monoisotopic (exact) mass is 526 g/mol. The van der Waals surface area contributed by atoms with Crippen LogP contribution in [0, 0.1) is 0 Å². The molecule has 0 aliphatic heterocycles. The number of hydrogen-bond acceptors (Lipinski definition) is 3. The smallest absolute Gasteiger partial charge is 0.261 e. The molecule has 3 aromatic rings. The number of nitrogens with zero attached hydrogens (tertiary/aromatic N) is 1. The Morgan fingerprint density at radius 2 is 1.64 bits per heavy atom. The molecule has 0 aromatic heterocycles. The van der Waals surface area contributed by atoms with Crippen LogP contribution in [-0.2, 0) is 28.0 Å². The number of rotatable bonds is 9. The molecule has 0 aliphatic carbocycles. The van der Waals surface area contributed by atoms with E-state index in [4.69, 9.17) is 27.9 Å². The average Bonchev–Trinajstić information content (AvgIpc) is 2.85. The molecule has 0 heterocycles. The highest BCUT2D eigenvalue weighted by molar-refractivity contribution is 6.35. The van der Waals surface area contributed by atoms with Gasteiger partial charge in [0.2, 0.25) is 5.91 Å². The molecule has 0 bridgehead atoms. The van der Waals surface area contributed by atoms with Gasteiger partial charge in [-0.1, -0.05) is 92.5 Å². The summed E-state index contributed by atoms with van der Waals surface area (Å²) >= 11 is 12.5. The first kappa shape index (κ1) is 27.6. The minimum absolute atomic E-state index is 0.0151. The van der Waals surface area contributed by atoms with Crippen molar-refractivity contribution in [1.82, 2.24) is 10.2 Å². The average molecular weight is 527 g/mol. The molecule has 0 saturated carbocycles. The van der Waals surface area contributed by atoms with E-state index < -0.39 is 6.04 Å². The van der Waals surface area contributed by atoms with E-state index >= 15 is 0 Å². The molecule has 190 valence electrons. The number of halogens is 2. The van der Waals surface area contributed by atoms with E-state index in [1.807, 2.05) is 54.6 Å². The number of hydrogen-bond donors (Lipinski definition) is 1. The van der Waals surface area contributed by atoms with Crippen molar-refractivity contribution in [2.45, 2.75) is 45.2 Å². The molecule has 1 unspecified atom stereocenters. The summed E-state index contributed by atoms with van der Waals surface area (Å²) in [7, 11) is 1.56. The van der Waals surface area contributed by atoms with Crippen LogP contribution in [0.15, 0.2) is 72.8 Å². The third-order valence-electron chi connectivity index (χ3n) is 5.96. The van der Waals surface area contributed by atoms with Crippen molar-refractivity contribution in [1.29, 1.82) is 0 Å². The third kappa shape index (κ3) is 7.49. The topological polar surface area (TPSA) is 58.6 Å². The molecular weight excluding hydrogens is 495 g/mol. The molecule has 0 fully saturated rings. The molecule has 0 spiro atoms. The quantitative estimate of drug-likeness (QED) is 0.368. The number of likely N-dealkylation sites (N-methyl/N-ethyl adjacent to an activating group) is 1. The third-order valence-corrected chi connectivity index (χ3v) is 6.54. The van der Waals surface area contributed by atoms with Gasteiger partial charge in [-0.15, -0.1) is 0 Å². The zero-order valence-electron chi connectivity index (χ0n) is 21.1. The largest absolute Gasteiger partial charge is 0.484 e. The molecule has 1 atom stereocenters. The van der Waals surface area contributed by atoms with Crippen molar-refractivity contribution < 1.29 is 14.3 Å². The summed E-state index contributed by atoms with van der Waals surface area (Å²) in [5.41, 5.74) is 2.81. The van der Waals surface area contributed by atoms with Gasteiger partial charge in [0.05, 0.1) is 0 Å². The standard InChI is InChI=1S/C29H32Cl2N2O3/c1-29(2,3)22-11-14-24(15-12-22)36-19-27(34)33(18-21-10-13-23(30)17-25(21)31)26(28(35)32-4)16-20-8-6-5-7-9-20/h5-15,17,26H,16,18-19H2,1-4H3,(H,32,35). The lowest BCUT2D eigenvalue weighted by Gasteiger charge is -2.31. The summed E-state index contributed by atoms with van der Waals surface area (Å²) in [6.07, 6.45) is 0.345. The van der Waals surface area contributed by atoms with E-state index in [0.29, 0.717) is 27.8 Å². The van der Waals surface area contributed by atoms with Crippen molar-refractivity contribution >= 4 is 35.0 Å². The molecule has 7 heteroatoms. The van der Waals surface area contributed by atoms with Crippen molar-refractivity contribution in [2.24, 2.45) is 0 Å². The molecule has 36 heavy (non-hydrogen) atoms. The van der Waals surface area contributed by atoms with Gasteiger partial charge < -0.3 is 15.0 Å². The van der Waals surface area contributed by atoms with E-state index in [2.05, 4.69) is 26.1 Å². The van der Waals surface area contributed by atoms with Gasteiger partial charge in [0.15, 0.2) is 6.61 Å². The fourth-order valence-corrected chi connectivity index (χ4v) is 4.30. The van der Waals surface area contributed by atoms with Crippen LogP contribution in [0.25, 0.3) is 0 Å². The first-order valence-corrected chi connectivity index (χ1v) is 12.6.